The number of halogens is 3. The molecule has 0 fully saturated rings. The van der Waals surface area contributed by atoms with E-state index in [2.05, 4.69) is 21.2 Å². The van der Waals surface area contributed by atoms with Crippen LogP contribution in [-0.4, -0.2) is 0 Å². The van der Waals surface area contributed by atoms with Crippen molar-refractivity contribution in [3.8, 4) is 0 Å². The molecule has 0 radical (unpaired) electrons. The van der Waals surface area contributed by atoms with Crippen molar-refractivity contribution in [2.45, 2.75) is 13.5 Å². The summed E-state index contributed by atoms with van der Waals surface area (Å²) in [6.07, 6.45) is 0. The number of hydrogen-bond acceptors (Lipinski definition) is 1. The number of anilines is 1. The van der Waals surface area contributed by atoms with Crippen LogP contribution in [0.25, 0.3) is 0 Å². The molecule has 2 aromatic carbocycles. The molecule has 0 amide bonds. The predicted molar refractivity (Wildman–Crippen MR) is 77.6 cm³/mol. The predicted octanol–water partition coefficient (Wildman–Crippen LogP) is 5.16. The van der Waals surface area contributed by atoms with E-state index in [1.54, 1.807) is 12.1 Å². The lowest BCUT2D eigenvalue weighted by Gasteiger charge is -2.10. The molecule has 0 aliphatic carbocycles. The number of aryl methyl sites for hydroxylation is 1. The van der Waals surface area contributed by atoms with E-state index >= 15 is 0 Å². The summed E-state index contributed by atoms with van der Waals surface area (Å²) < 4.78 is 14.4. The molecule has 18 heavy (non-hydrogen) atoms. The molecule has 0 bridgehead atoms. The zero-order chi connectivity index (χ0) is 13.1. The number of nitrogens with one attached hydrogen (secondary N) is 1. The minimum absolute atomic E-state index is 0.227. The van der Waals surface area contributed by atoms with Crippen LogP contribution >= 0.6 is 27.5 Å². The van der Waals surface area contributed by atoms with Crippen LogP contribution < -0.4 is 5.32 Å². The molecule has 0 saturated heterocycles. The van der Waals surface area contributed by atoms with Crippen molar-refractivity contribution < 1.29 is 4.39 Å². The minimum Gasteiger partial charge on any atom is -0.380 e. The SMILES string of the molecule is Cc1ccc(Cl)c(NCc2cc(Br)ccc2F)c1. The molecule has 0 spiro atoms. The van der Waals surface area contributed by atoms with Crippen LogP contribution in [0, 0.1) is 12.7 Å². The average Bonchev–Trinajstić information content (AvgIpc) is 2.34. The summed E-state index contributed by atoms with van der Waals surface area (Å²) in [5, 5.41) is 3.78. The lowest BCUT2D eigenvalue weighted by Crippen LogP contribution is -2.02. The molecule has 0 aliphatic rings. The average molecular weight is 329 g/mol. The fourth-order valence-corrected chi connectivity index (χ4v) is 2.24. The van der Waals surface area contributed by atoms with Gasteiger partial charge in [-0.3, -0.25) is 0 Å². The van der Waals surface area contributed by atoms with Crippen LogP contribution in [0.5, 0.6) is 0 Å². The number of benzene rings is 2. The van der Waals surface area contributed by atoms with E-state index in [1.165, 1.54) is 6.07 Å². The summed E-state index contributed by atoms with van der Waals surface area (Å²) in [5.41, 5.74) is 2.52. The maximum absolute atomic E-state index is 13.6. The molecule has 2 aromatic rings. The summed E-state index contributed by atoms with van der Waals surface area (Å²) >= 11 is 9.40. The Morgan fingerprint density at radius 1 is 1.22 bits per heavy atom. The molecule has 1 N–H and O–H groups in total. The maximum atomic E-state index is 13.6. The van der Waals surface area contributed by atoms with E-state index < -0.39 is 0 Å². The zero-order valence-electron chi connectivity index (χ0n) is 9.81. The second-order valence-corrected chi connectivity index (χ2v) is 5.40. The van der Waals surface area contributed by atoms with Gasteiger partial charge >= 0.3 is 0 Å². The quantitative estimate of drug-likeness (QED) is 0.820. The van der Waals surface area contributed by atoms with Gasteiger partial charge in [-0.25, -0.2) is 4.39 Å². The molecule has 0 aliphatic heterocycles. The Hall–Kier alpha value is -1.06. The number of hydrogen-bond donors (Lipinski definition) is 1. The Balaban J connectivity index is 2.16. The third kappa shape index (κ3) is 3.24. The molecular formula is C14H12BrClFN. The second-order valence-electron chi connectivity index (χ2n) is 4.07. The monoisotopic (exact) mass is 327 g/mol. The first-order valence-corrected chi connectivity index (χ1v) is 6.67. The Bertz CT molecular complexity index is 520. The second kappa shape index (κ2) is 5.72. The van der Waals surface area contributed by atoms with Gasteiger partial charge < -0.3 is 5.32 Å². The van der Waals surface area contributed by atoms with Gasteiger partial charge in [0.1, 0.15) is 5.82 Å². The largest absolute Gasteiger partial charge is 0.380 e. The molecule has 1 nitrogen and oxygen atoms in total. The molecular weight excluding hydrogens is 317 g/mol. The third-order valence-electron chi connectivity index (χ3n) is 2.60. The van der Waals surface area contributed by atoms with Crippen LogP contribution in [0.15, 0.2) is 40.9 Å². The van der Waals surface area contributed by atoms with Gasteiger partial charge in [-0.05, 0) is 42.8 Å². The van der Waals surface area contributed by atoms with Gasteiger partial charge in [0.25, 0.3) is 0 Å². The van der Waals surface area contributed by atoms with E-state index in [9.17, 15) is 4.39 Å². The lowest BCUT2D eigenvalue weighted by atomic mass is 10.2. The summed E-state index contributed by atoms with van der Waals surface area (Å²) in [4.78, 5) is 0. The Labute approximate surface area is 119 Å². The summed E-state index contributed by atoms with van der Waals surface area (Å²) in [6, 6.07) is 10.6. The normalized spacial score (nSPS) is 10.4. The van der Waals surface area contributed by atoms with Gasteiger partial charge in [0.2, 0.25) is 0 Å². The van der Waals surface area contributed by atoms with Crippen LogP contribution in [0.3, 0.4) is 0 Å². The van der Waals surface area contributed by atoms with Crippen LogP contribution in [-0.2, 0) is 6.54 Å². The van der Waals surface area contributed by atoms with Gasteiger partial charge in [0, 0.05) is 16.6 Å². The van der Waals surface area contributed by atoms with Gasteiger partial charge in [0.05, 0.1) is 10.7 Å². The fraction of sp³-hybridized carbons (Fsp3) is 0.143. The third-order valence-corrected chi connectivity index (χ3v) is 3.42. The first-order chi connectivity index (χ1) is 8.56. The van der Waals surface area contributed by atoms with Gasteiger partial charge in [0.15, 0.2) is 0 Å². The molecule has 0 heterocycles. The van der Waals surface area contributed by atoms with Crippen molar-refractivity contribution in [2.24, 2.45) is 0 Å². The Morgan fingerprint density at radius 2 is 2.00 bits per heavy atom. The van der Waals surface area contributed by atoms with E-state index in [-0.39, 0.29) is 5.82 Å². The summed E-state index contributed by atoms with van der Waals surface area (Å²) in [5.74, 6) is -0.227. The van der Waals surface area contributed by atoms with E-state index in [1.807, 2.05) is 25.1 Å². The highest BCUT2D eigenvalue weighted by Crippen LogP contribution is 2.24. The van der Waals surface area contributed by atoms with Crippen LogP contribution in [0.4, 0.5) is 10.1 Å². The van der Waals surface area contributed by atoms with Gasteiger partial charge in [-0.15, -0.1) is 0 Å². The Kier molecular flexibility index (Phi) is 4.25. The molecule has 2 rings (SSSR count). The van der Waals surface area contributed by atoms with Crippen molar-refractivity contribution in [1.29, 1.82) is 0 Å². The first kappa shape index (κ1) is 13.4. The Morgan fingerprint density at radius 3 is 2.78 bits per heavy atom. The van der Waals surface area contributed by atoms with Crippen molar-refractivity contribution in [3.63, 3.8) is 0 Å². The van der Waals surface area contributed by atoms with E-state index in [0.717, 1.165) is 15.7 Å². The summed E-state index contributed by atoms with van der Waals surface area (Å²) in [6.45, 7) is 2.38. The van der Waals surface area contributed by atoms with Crippen molar-refractivity contribution in [3.05, 3.63) is 62.8 Å². The zero-order valence-corrected chi connectivity index (χ0v) is 12.1. The topological polar surface area (TPSA) is 12.0 Å². The van der Waals surface area contributed by atoms with Crippen molar-refractivity contribution in [1.82, 2.24) is 0 Å². The fourth-order valence-electron chi connectivity index (χ4n) is 1.64. The van der Waals surface area contributed by atoms with E-state index in [0.29, 0.717) is 17.1 Å². The first-order valence-electron chi connectivity index (χ1n) is 5.50. The van der Waals surface area contributed by atoms with Gasteiger partial charge in [-0.1, -0.05) is 33.6 Å². The van der Waals surface area contributed by atoms with Crippen molar-refractivity contribution in [2.75, 3.05) is 5.32 Å². The molecule has 0 atom stereocenters. The highest BCUT2D eigenvalue weighted by molar-refractivity contribution is 9.10. The number of rotatable bonds is 3. The molecule has 4 heteroatoms. The molecule has 0 aromatic heterocycles. The van der Waals surface area contributed by atoms with E-state index in [4.69, 9.17) is 11.6 Å². The maximum Gasteiger partial charge on any atom is 0.128 e. The van der Waals surface area contributed by atoms with Crippen LogP contribution in [0.1, 0.15) is 11.1 Å². The van der Waals surface area contributed by atoms with Crippen molar-refractivity contribution >= 4 is 33.2 Å². The summed E-state index contributed by atoms with van der Waals surface area (Å²) in [7, 11) is 0. The van der Waals surface area contributed by atoms with Crippen LogP contribution in [0.2, 0.25) is 5.02 Å². The minimum atomic E-state index is -0.227. The smallest absolute Gasteiger partial charge is 0.128 e. The molecule has 0 saturated carbocycles. The molecule has 94 valence electrons. The standard InChI is InChI=1S/C14H12BrClFN/c1-9-2-4-12(16)14(6-9)18-8-10-7-11(15)3-5-13(10)17/h2-7,18H,8H2,1H3. The highest BCUT2D eigenvalue weighted by Gasteiger charge is 2.04. The molecule has 0 unspecified atom stereocenters. The lowest BCUT2D eigenvalue weighted by molar-refractivity contribution is 0.612. The van der Waals surface area contributed by atoms with Gasteiger partial charge in [-0.2, -0.15) is 0 Å². The highest BCUT2D eigenvalue weighted by atomic mass is 79.9.